The van der Waals surface area contributed by atoms with E-state index in [0.717, 1.165) is 49.6 Å². The van der Waals surface area contributed by atoms with Crippen molar-refractivity contribution in [3.63, 3.8) is 0 Å². The highest BCUT2D eigenvalue weighted by atomic mass is 35.5. The van der Waals surface area contributed by atoms with Gasteiger partial charge in [-0.1, -0.05) is 18.5 Å². The summed E-state index contributed by atoms with van der Waals surface area (Å²) < 4.78 is 4.69. The van der Waals surface area contributed by atoms with Crippen LogP contribution in [0.2, 0.25) is 5.02 Å². The second-order valence-corrected chi connectivity index (χ2v) is 8.75. The largest absolute Gasteiger partial charge is 0.257 e. The number of thiophene rings is 1. The smallest absolute Gasteiger partial charge is 0.176 e. The fourth-order valence-corrected chi connectivity index (χ4v) is 5.29. The number of pyridine rings is 1. The summed E-state index contributed by atoms with van der Waals surface area (Å²) in [5.74, 6) is 0.711. The van der Waals surface area contributed by atoms with Gasteiger partial charge in [-0.3, -0.25) is 4.68 Å². The Morgan fingerprint density at radius 3 is 2.62 bits per heavy atom. The summed E-state index contributed by atoms with van der Waals surface area (Å²) in [6.07, 6.45) is 2.54. The van der Waals surface area contributed by atoms with Crippen LogP contribution >= 0.6 is 22.9 Å². The van der Waals surface area contributed by atoms with Gasteiger partial charge in [-0.15, -0.1) is 16.4 Å². The number of hydrogen-bond acceptors (Lipinski definition) is 6. The molecule has 5 rings (SSSR count). The fourth-order valence-electron chi connectivity index (χ4n) is 3.94. The number of aryl methyl sites for hydroxylation is 3. The highest BCUT2D eigenvalue weighted by molar-refractivity contribution is 7.26. The minimum Gasteiger partial charge on any atom is -0.257 e. The van der Waals surface area contributed by atoms with Crippen molar-refractivity contribution in [1.82, 2.24) is 34.3 Å². The number of nitrogens with zero attached hydrogens (tertiary/aromatic N) is 7. The molecule has 1 atom stereocenters. The van der Waals surface area contributed by atoms with Crippen molar-refractivity contribution in [2.75, 3.05) is 0 Å². The first-order chi connectivity index (χ1) is 13.9. The van der Waals surface area contributed by atoms with Crippen molar-refractivity contribution >= 4 is 49.0 Å². The molecule has 5 heterocycles. The summed E-state index contributed by atoms with van der Waals surface area (Å²) in [5, 5.41) is 11.1. The van der Waals surface area contributed by atoms with Gasteiger partial charge < -0.3 is 0 Å². The lowest BCUT2D eigenvalue weighted by molar-refractivity contribution is 0.472. The van der Waals surface area contributed by atoms with E-state index >= 15 is 0 Å². The molecular formula is C20H20ClN7S. The molecule has 5 aromatic rings. The molecular weight excluding hydrogens is 406 g/mol. The Morgan fingerprint density at radius 2 is 1.93 bits per heavy atom. The maximum atomic E-state index is 6.37. The topological polar surface area (TPSA) is 73.8 Å². The molecule has 0 spiro atoms. The number of halogens is 1. The Bertz CT molecular complexity index is 1410. The number of aromatic nitrogens is 7. The van der Waals surface area contributed by atoms with E-state index in [2.05, 4.69) is 30.0 Å². The van der Waals surface area contributed by atoms with E-state index in [0.29, 0.717) is 10.8 Å². The summed E-state index contributed by atoms with van der Waals surface area (Å²) >= 11 is 7.99. The van der Waals surface area contributed by atoms with E-state index in [1.807, 2.05) is 25.5 Å². The van der Waals surface area contributed by atoms with Crippen molar-refractivity contribution in [2.24, 2.45) is 0 Å². The molecule has 5 aromatic heterocycles. The minimum absolute atomic E-state index is 0.0902. The first kappa shape index (κ1) is 18.4. The van der Waals surface area contributed by atoms with Crippen LogP contribution in [-0.4, -0.2) is 34.3 Å². The highest BCUT2D eigenvalue weighted by Gasteiger charge is 2.24. The molecule has 7 nitrogen and oxygen atoms in total. The van der Waals surface area contributed by atoms with Crippen molar-refractivity contribution in [2.45, 2.75) is 47.1 Å². The second kappa shape index (κ2) is 6.47. The summed E-state index contributed by atoms with van der Waals surface area (Å²) in [4.78, 5) is 15.3. The van der Waals surface area contributed by atoms with E-state index in [9.17, 15) is 0 Å². The van der Waals surface area contributed by atoms with Crippen LogP contribution in [-0.2, 0) is 0 Å². The van der Waals surface area contributed by atoms with E-state index in [1.54, 1.807) is 22.2 Å². The lowest BCUT2D eigenvalue weighted by atomic mass is 10.1. The molecule has 29 heavy (non-hydrogen) atoms. The normalized spacial score (nSPS) is 13.2. The van der Waals surface area contributed by atoms with Gasteiger partial charge in [0, 0.05) is 11.1 Å². The molecule has 0 saturated heterocycles. The van der Waals surface area contributed by atoms with Crippen LogP contribution in [0.5, 0.6) is 0 Å². The lowest BCUT2D eigenvalue weighted by Crippen LogP contribution is -2.14. The molecule has 0 aliphatic heterocycles. The maximum absolute atomic E-state index is 6.37. The van der Waals surface area contributed by atoms with Crippen molar-refractivity contribution in [3.05, 3.63) is 45.9 Å². The maximum Gasteiger partial charge on any atom is 0.176 e. The quantitative estimate of drug-likeness (QED) is 0.408. The van der Waals surface area contributed by atoms with E-state index in [4.69, 9.17) is 26.7 Å². The van der Waals surface area contributed by atoms with Gasteiger partial charge in [0.1, 0.15) is 21.9 Å². The number of fused-ring (bicyclic) bond motifs is 5. The van der Waals surface area contributed by atoms with E-state index in [1.165, 1.54) is 5.56 Å². The zero-order chi connectivity index (χ0) is 20.4. The van der Waals surface area contributed by atoms with Crippen molar-refractivity contribution in [3.8, 4) is 0 Å². The summed E-state index contributed by atoms with van der Waals surface area (Å²) in [6.45, 7) is 10.1. The van der Waals surface area contributed by atoms with Crippen LogP contribution in [0.25, 0.3) is 26.1 Å². The third kappa shape index (κ3) is 2.66. The molecule has 0 bridgehead atoms. The number of hydrogen-bond donors (Lipinski definition) is 0. The van der Waals surface area contributed by atoms with E-state index in [-0.39, 0.29) is 6.04 Å². The third-order valence-electron chi connectivity index (χ3n) is 5.33. The zero-order valence-electron chi connectivity index (χ0n) is 16.9. The standard InChI is InChI=1S/C20H20ClN7S/c1-6-13(28-12(5)15(21)11(4)25-28)18-24-19-17-16(22-8-27(19)26-18)14-9(2)7-10(3)23-20(14)29-17/h7-8,13H,6H2,1-5H3. The summed E-state index contributed by atoms with van der Waals surface area (Å²) in [5.41, 5.74) is 5.67. The predicted octanol–water partition coefficient (Wildman–Crippen LogP) is 4.97. The van der Waals surface area contributed by atoms with Crippen LogP contribution < -0.4 is 0 Å². The highest BCUT2D eigenvalue weighted by Crippen LogP contribution is 2.36. The second-order valence-electron chi connectivity index (χ2n) is 7.38. The predicted molar refractivity (Wildman–Crippen MR) is 116 cm³/mol. The molecule has 0 fully saturated rings. The molecule has 0 aliphatic rings. The molecule has 0 amide bonds. The van der Waals surface area contributed by atoms with Crippen LogP contribution in [0.1, 0.15) is 47.9 Å². The van der Waals surface area contributed by atoms with Crippen LogP contribution in [0.4, 0.5) is 0 Å². The van der Waals surface area contributed by atoms with Crippen LogP contribution in [0, 0.1) is 27.7 Å². The van der Waals surface area contributed by atoms with Crippen molar-refractivity contribution in [1.29, 1.82) is 0 Å². The third-order valence-corrected chi connectivity index (χ3v) is 6.94. The van der Waals surface area contributed by atoms with Gasteiger partial charge in [-0.2, -0.15) is 5.10 Å². The first-order valence-electron chi connectivity index (χ1n) is 9.52. The Balaban J connectivity index is 1.75. The Kier molecular flexibility index (Phi) is 4.11. The molecule has 1 unspecified atom stereocenters. The van der Waals surface area contributed by atoms with Crippen LogP contribution in [0.15, 0.2) is 12.4 Å². The monoisotopic (exact) mass is 425 g/mol. The SMILES string of the molecule is CCC(c1nc2c3sc4nc(C)cc(C)c4c3ncn2n1)n1nc(C)c(Cl)c1C. The van der Waals surface area contributed by atoms with Gasteiger partial charge in [-0.05, 0) is 45.7 Å². The minimum atomic E-state index is -0.0902. The van der Waals surface area contributed by atoms with Gasteiger partial charge in [-0.25, -0.2) is 19.5 Å². The molecule has 0 N–H and O–H groups in total. The first-order valence-corrected chi connectivity index (χ1v) is 10.7. The zero-order valence-corrected chi connectivity index (χ0v) is 18.4. The Morgan fingerprint density at radius 1 is 1.14 bits per heavy atom. The fraction of sp³-hybridized carbons (Fsp3) is 0.350. The van der Waals surface area contributed by atoms with Crippen LogP contribution in [0.3, 0.4) is 0 Å². The molecule has 0 aliphatic carbocycles. The Labute approximate surface area is 176 Å². The van der Waals surface area contributed by atoms with E-state index < -0.39 is 0 Å². The van der Waals surface area contributed by atoms with Gasteiger partial charge in [0.2, 0.25) is 0 Å². The average molecular weight is 426 g/mol. The van der Waals surface area contributed by atoms with Gasteiger partial charge >= 0.3 is 0 Å². The van der Waals surface area contributed by atoms with Gasteiger partial charge in [0.05, 0.1) is 21.9 Å². The molecule has 148 valence electrons. The summed E-state index contributed by atoms with van der Waals surface area (Å²) in [7, 11) is 0. The van der Waals surface area contributed by atoms with Gasteiger partial charge in [0.25, 0.3) is 0 Å². The average Bonchev–Trinajstić information content (AvgIpc) is 3.33. The van der Waals surface area contributed by atoms with Crippen molar-refractivity contribution < 1.29 is 0 Å². The summed E-state index contributed by atoms with van der Waals surface area (Å²) in [6, 6.07) is 2.00. The lowest BCUT2D eigenvalue weighted by Gasteiger charge is -2.13. The number of rotatable bonds is 3. The molecule has 0 saturated carbocycles. The van der Waals surface area contributed by atoms with Gasteiger partial charge in [0.15, 0.2) is 11.5 Å². The Hall–Kier alpha value is -2.58. The molecule has 0 radical (unpaired) electrons. The molecule has 0 aromatic carbocycles. The molecule has 9 heteroatoms.